The summed E-state index contributed by atoms with van der Waals surface area (Å²) in [4.78, 5) is 15.7. The molecular weight excluding hydrogens is 298 g/mol. The van der Waals surface area contributed by atoms with Gasteiger partial charge in [-0.05, 0) is 23.8 Å². The fraction of sp³-hybridized carbons (Fsp3) is 0. The van der Waals surface area contributed by atoms with Gasteiger partial charge in [0.15, 0.2) is 0 Å². The molecule has 4 nitrogen and oxygen atoms in total. The zero-order chi connectivity index (χ0) is 16.5. The second kappa shape index (κ2) is 5.66. The Kier molecular flexibility index (Phi) is 3.35. The summed E-state index contributed by atoms with van der Waals surface area (Å²) in [5.41, 5.74) is 9.81. The maximum absolute atomic E-state index is 11.5. The minimum atomic E-state index is -0.484. The van der Waals surface area contributed by atoms with Crippen LogP contribution in [0.3, 0.4) is 0 Å². The minimum Gasteiger partial charge on any atom is -0.366 e. The molecule has 0 spiro atoms. The van der Waals surface area contributed by atoms with Crippen LogP contribution in [0.2, 0.25) is 0 Å². The highest BCUT2D eigenvalue weighted by atomic mass is 16.1. The maximum atomic E-state index is 11.5. The van der Waals surface area contributed by atoms with E-state index in [1.54, 1.807) is 12.3 Å². The van der Waals surface area contributed by atoms with E-state index in [1.165, 1.54) is 6.20 Å². The van der Waals surface area contributed by atoms with Crippen LogP contribution in [0.4, 0.5) is 0 Å². The topological polar surface area (TPSA) is 60.9 Å². The van der Waals surface area contributed by atoms with E-state index in [0.717, 1.165) is 27.8 Å². The van der Waals surface area contributed by atoms with Crippen LogP contribution in [0.15, 0.2) is 79.1 Å². The Morgan fingerprint density at radius 1 is 0.917 bits per heavy atom. The number of hydrogen-bond acceptors (Lipinski definition) is 2. The van der Waals surface area contributed by atoms with E-state index in [2.05, 4.69) is 39.9 Å². The molecule has 4 aromatic rings. The summed E-state index contributed by atoms with van der Waals surface area (Å²) >= 11 is 0. The molecule has 0 atom stereocenters. The van der Waals surface area contributed by atoms with Crippen molar-refractivity contribution in [3.63, 3.8) is 0 Å². The molecule has 0 fully saturated rings. The van der Waals surface area contributed by atoms with Crippen molar-refractivity contribution in [3.8, 4) is 16.9 Å². The van der Waals surface area contributed by atoms with Crippen LogP contribution >= 0.6 is 0 Å². The van der Waals surface area contributed by atoms with Crippen LogP contribution in [0.25, 0.3) is 27.8 Å². The fourth-order valence-corrected chi connectivity index (χ4v) is 2.94. The predicted octanol–water partition coefficient (Wildman–Crippen LogP) is 3.79. The van der Waals surface area contributed by atoms with E-state index in [9.17, 15) is 4.79 Å². The average Bonchev–Trinajstić information content (AvgIpc) is 3.02. The largest absolute Gasteiger partial charge is 0.366 e. The number of nitrogens with zero attached hydrogens (tertiary/aromatic N) is 2. The van der Waals surface area contributed by atoms with Gasteiger partial charge in [0, 0.05) is 11.6 Å². The molecule has 24 heavy (non-hydrogen) atoms. The van der Waals surface area contributed by atoms with E-state index < -0.39 is 5.91 Å². The number of primary amides is 1. The van der Waals surface area contributed by atoms with Gasteiger partial charge in [0.25, 0.3) is 0 Å². The molecule has 0 aliphatic heterocycles. The lowest BCUT2D eigenvalue weighted by atomic mass is 10.1. The molecule has 0 saturated heterocycles. The lowest BCUT2D eigenvalue weighted by Crippen LogP contribution is -2.12. The van der Waals surface area contributed by atoms with Gasteiger partial charge >= 0.3 is 0 Å². The molecular formula is C20H15N3O. The summed E-state index contributed by atoms with van der Waals surface area (Å²) in [7, 11) is 0. The van der Waals surface area contributed by atoms with Gasteiger partial charge in [-0.3, -0.25) is 9.78 Å². The molecule has 4 heteroatoms. The minimum absolute atomic E-state index is 0.393. The van der Waals surface area contributed by atoms with E-state index in [1.807, 2.05) is 30.3 Å². The molecule has 0 aliphatic carbocycles. The fourth-order valence-electron chi connectivity index (χ4n) is 2.94. The van der Waals surface area contributed by atoms with Crippen LogP contribution in [0.5, 0.6) is 0 Å². The van der Waals surface area contributed by atoms with Gasteiger partial charge in [-0.2, -0.15) is 0 Å². The van der Waals surface area contributed by atoms with Crippen LogP contribution < -0.4 is 5.73 Å². The van der Waals surface area contributed by atoms with E-state index in [0.29, 0.717) is 5.56 Å². The molecule has 2 N–H and O–H groups in total. The number of para-hydroxylation sites is 1. The number of benzene rings is 2. The molecule has 0 saturated carbocycles. The normalized spacial score (nSPS) is 10.8. The first-order valence-electron chi connectivity index (χ1n) is 7.65. The first kappa shape index (κ1) is 14.2. The van der Waals surface area contributed by atoms with Gasteiger partial charge in [-0.15, -0.1) is 0 Å². The number of carbonyl (C=O) groups is 1. The van der Waals surface area contributed by atoms with Crippen molar-refractivity contribution in [2.45, 2.75) is 0 Å². The lowest BCUT2D eigenvalue weighted by Gasteiger charge is -2.11. The number of fused-ring (bicyclic) bond motifs is 1. The summed E-state index contributed by atoms with van der Waals surface area (Å²) in [6.45, 7) is 0. The van der Waals surface area contributed by atoms with Crippen LogP contribution in [-0.4, -0.2) is 15.5 Å². The Hall–Kier alpha value is -3.40. The van der Waals surface area contributed by atoms with Crippen molar-refractivity contribution >= 4 is 16.8 Å². The van der Waals surface area contributed by atoms with Crippen molar-refractivity contribution in [2.24, 2.45) is 5.73 Å². The zero-order valence-corrected chi connectivity index (χ0v) is 12.9. The molecule has 0 radical (unpaired) electrons. The molecule has 4 rings (SSSR count). The maximum Gasteiger partial charge on any atom is 0.250 e. The predicted molar refractivity (Wildman–Crippen MR) is 95.0 cm³/mol. The third kappa shape index (κ3) is 2.34. The SMILES string of the molecule is NC(=O)c1cncc(-n2c(-c3ccccc3)cc3ccccc32)c1. The number of hydrogen-bond donors (Lipinski definition) is 1. The van der Waals surface area contributed by atoms with Crippen molar-refractivity contribution in [3.05, 3.63) is 84.7 Å². The van der Waals surface area contributed by atoms with E-state index in [-0.39, 0.29) is 0 Å². The van der Waals surface area contributed by atoms with Crippen molar-refractivity contribution in [1.82, 2.24) is 9.55 Å². The highest BCUT2D eigenvalue weighted by Gasteiger charge is 2.13. The van der Waals surface area contributed by atoms with E-state index in [4.69, 9.17) is 5.73 Å². The molecule has 0 unspecified atom stereocenters. The molecule has 116 valence electrons. The number of pyridine rings is 1. The summed E-state index contributed by atoms with van der Waals surface area (Å²) in [5, 5.41) is 1.13. The quantitative estimate of drug-likeness (QED) is 0.625. The van der Waals surface area contributed by atoms with Gasteiger partial charge in [-0.1, -0.05) is 48.5 Å². The molecule has 2 aromatic heterocycles. The number of rotatable bonds is 3. The average molecular weight is 313 g/mol. The molecule has 2 aromatic carbocycles. The summed E-state index contributed by atoms with van der Waals surface area (Å²) in [6.07, 6.45) is 3.23. The zero-order valence-electron chi connectivity index (χ0n) is 12.9. The number of nitrogens with two attached hydrogens (primary N) is 1. The van der Waals surface area contributed by atoms with Gasteiger partial charge in [0.05, 0.1) is 28.7 Å². The van der Waals surface area contributed by atoms with Crippen LogP contribution in [0.1, 0.15) is 10.4 Å². The second-order valence-electron chi connectivity index (χ2n) is 5.59. The summed E-state index contributed by atoms with van der Waals surface area (Å²) in [6, 6.07) is 22.2. The Labute approximate surface area is 139 Å². The molecule has 2 heterocycles. The lowest BCUT2D eigenvalue weighted by molar-refractivity contribution is 0.1000. The number of carbonyl (C=O) groups excluding carboxylic acids is 1. The first-order chi connectivity index (χ1) is 11.7. The van der Waals surface area contributed by atoms with Crippen molar-refractivity contribution in [2.75, 3.05) is 0 Å². The summed E-state index contributed by atoms with van der Waals surface area (Å²) in [5.74, 6) is -0.484. The van der Waals surface area contributed by atoms with Crippen LogP contribution in [0, 0.1) is 0 Å². The van der Waals surface area contributed by atoms with Gasteiger partial charge in [0.2, 0.25) is 5.91 Å². The number of amides is 1. The van der Waals surface area contributed by atoms with Crippen molar-refractivity contribution < 1.29 is 4.79 Å². The highest BCUT2D eigenvalue weighted by Crippen LogP contribution is 2.31. The van der Waals surface area contributed by atoms with Crippen LogP contribution in [-0.2, 0) is 0 Å². The number of aromatic nitrogens is 2. The van der Waals surface area contributed by atoms with Gasteiger partial charge < -0.3 is 10.3 Å². The molecule has 0 bridgehead atoms. The monoisotopic (exact) mass is 313 g/mol. The first-order valence-corrected chi connectivity index (χ1v) is 7.65. The third-order valence-corrected chi connectivity index (χ3v) is 4.05. The molecule has 1 amide bonds. The Morgan fingerprint density at radius 2 is 1.67 bits per heavy atom. The van der Waals surface area contributed by atoms with Gasteiger partial charge in [0.1, 0.15) is 0 Å². The standard InChI is InChI=1S/C20H15N3O/c21-20(24)16-10-17(13-22-12-16)23-18-9-5-4-8-15(18)11-19(23)14-6-2-1-3-7-14/h1-13H,(H2,21,24). The van der Waals surface area contributed by atoms with E-state index >= 15 is 0 Å². The highest BCUT2D eigenvalue weighted by molar-refractivity contribution is 5.94. The second-order valence-corrected chi connectivity index (χ2v) is 5.59. The molecule has 0 aliphatic rings. The summed E-state index contributed by atoms with van der Waals surface area (Å²) < 4.78 is 2.10. The van der Waals surface area contributed by atoms with Gasteiger partial charge in [-0.25, -0.2) is 0 Å². The Balaban J connectivity index is 2.03. The van der Waals surface area contributed by atoms with Crippen molar-refractivity contribution in [1.29, 1.82) is 0 Å². The Morgan fingerprint density at radius 3 is 2.46 bits per heavy atom. The smallest absolute Gasteiger partial charge is 0.250 e. The Bertz CT molecular complexity index is 1040. The third-order valence-electron chi connectivity index (χ3n) is 4.05.